The van der Waals surface area contributed by atoms with E-state index in [9.17, 15) is 0 Å². The van der Waals surface area contributed by atoms with Crippen LogP contribution in [0.25, 0.3) is 0 Å². The van der Waals surface area contributed by atoms with E-state index < -0.39 is 0 Å². The molecule has 2 aromatic rings. The molecule has 2 N–H and O–H groups in total. The molecule has 0 radical (unpaired) electrons. The fourth-order valence-electron chi connectivity index (χ4n) is 4.30. The normalized spacial score (nSPS) is 14.5. The van der Waals surface area contributed by atoms with Crippen LogP contribution >= 0.6 is 11.6 Å². The Morgan fingerprint density at radius 1 is 1.03 bits per heavy atom. The fraction of sp³-hybridized carbons (Fsp3) is 0.586. The number of ether oxygens (including phenoxy) is 5. The van der Waals surface area contributed by atoms with Crippen LogP contribution in [0.4, 0.5) is 0 Å². The molecule has 9 nitrogen and oxygen atoms in total. The molecule has 1 saturated heterocycles. The van der Waals surface area contributed by atoms with Gasteiger partial charge in [0.05, 0.1) is 44.7 Å². The van der Waals surface area contributed by atoms with Gasteiger partial charge in [-0.25, -0.2) is 0 Å². The number of hydrogen-bond donors (Lipinski definition) is 2. The van der Waals surface area contributed by atoms with Gasteiger partial charge in [0.2, 0.25) is 0 Å². The predicted molar refractivity (Wildman–Crippen MR) is 155 cm³/mol. The van der Waals surface area contributed by atoms with E-state index >= 15 is 0 Å². The minimum Gasteiger partial charge on any atom is -0.497 e. The Morgan fingerprint density at radius 2 is 1.82 bits per heavy atom. The van der Waals surface area contributed by atoms with E-state index in [1.165, 1.54) is 0 Å². The second-order valence-electron chi connectivity index (χ2n) is 10.2. The quantitative estimate of drug-likeness (QED) is 0.169. The van der Waals surface area contributed by atoms with E-state index in [0.29, 0.717) is 43.7 Å². The van der Waals surface area contributed by atoms with Crippen LogP contribution in [0.5, 0.6) is 17.2 Å². The Bertz CT molecular complexity index is 1000. The van der Waals surface area contributed by atoms with Crippen molar-refractivity contribution in [2.45, 2.75) is 39.0 Å². The fourth-order valence-corrected chi connectivity index (χ4v) is 4.56. The van der Waals surface area contributed by atoms with Gasteiger partial charge in [-0.3, -0.25) is 20.7 Å². The molecule has 0 amide bonds. The lowest BCUT2D eigenvalue weighted by Gasteiger charge is -2.31. The molecule has 1 aliphatic heterocycles. The molecule has 218 valence electrons. The van der Waals surface area contributed by atoms with Crippen molar-refractivity contribution >= 4 is 11.6 Å². The van der Waals surface area contributed by atoms with Crippen LogP contribution in [0.3, 0.4) is 0 Å². The van der Waals surface area contributed by atoms with Gasteiger partial charge in [0, 0.05) is 50.9 Å². The molecule has 0 aromatic heterocycles. The largest absolute Gasteiger partial charge is 0.497 e. The van der Waals surface area contributed by atoms with E-state index in [0.717, 1.165) is 61.9 Å². The van der Waals surface area contributed by atoms with Crippen LogP contribution in [-0.2, 0) is 22.6 Å². The maximum Gasteiger partial charge on any atom is 0.137 e. The molecule has 39 heavy (non-hydrogen) atoms. The van der Waals surface area contributed by atoms with Crippen LogP contribution in [0.2, 0.25) is 5.02 Å². The monoisotopic (exact) mass is 564 g/mol. The number of morpholine rings is 1. The molecule has 2 aromatic carbocycles. The van der Waals surface area contributed by atoms with Crippen LogP contribution < -0.4 is 25.1 Å². The molecule has 1 aliphatic rings. The molecule has 10 heteroatoms. The zero-order valence-electron chi connectivity index (χ0n) is 24.1. The average Bonchev–Trinajstić information content (AvgIpc) is 2.94. The van der Waals surface area contributed by atoms with Crippen molar-refractivity contribution in [2.24, 2.45) is 0 Å². The Morgan fingerprint density at radius 3 is 2.51 bits per heavy atom. The maximum atomic E-state index is 6.64. The lowest BCUT2D eigenvalue weighted by atomic mass is 10.1. The maximum absolute atomic E-state index is 6.64. The van der Waals surface area contributed by atoms with Crippen molar-refractivity contribution in [1.29, 1.82) is 0 Å². The first-order chi connectivity index (χ1) is 18.8. The van der Waals surface area contributed by atoms with Crippen molar-refractivity contribution < 1.29 is 23.7 Å². The Balaban J connectivity index is 1.64. The van der Waals surface area contributed by atoms with Crippen molar-refractivity contribution in [1.82, 2.24) is 20.7 Å². The summed E-state index contributed by atoms with van der Waals surface area (Å²) in [7, 11) is 5.17. The summed E-state index contributed by atoms with van der Waals surface area (Å²) in [6.45, 7) is 11.7. The second-order valence-corrected chi connectivity index (χ2v) is 10.6. The first-order valence-electron chi connectivity index (χ1n) is 13.5. The lowest BCUT2D eigenvalue weighted by Crippen LogP contribution is -2.44. The number of benzene rings is 2. The van der Waals surface area contributed by atoms with Crippen LogP contribution in [0, 0.1) is 0 Å². The highest BCUT2D eigenvalue weighted by atomic mass is 35.5. The van der Waals surface area contributed by atoms with E-state index in [2.05, 4.69) is 40.6 Å². The number of nitrogens with one attached hydrogen (secondary N) is 2. The summed E-state index contributed by atoms with van der Waals surface area (Å²) in [5.41, 5.74) is 7.83. The SMILES string of the molecule is CNNCC(C)(C)OCN(Cc1ccc(OCCCN2CCOCC2)c(Cl)c1)Cc1ccc(OC)cc1OC. The molecular formula is C29H45ClN4O5. The van der Waals surface area contributed by atoms with Crippen LogP contribution in [-0.4, -0.2) is 89.4 Å². The zero-order chi connectivity index (χ0) is 28.1. The molecule has 1 fully saturated rings. The average molecular weight is 565 g/mol. The minimum absolute atomic E-state index is 0.373. The van der Waals surface area contributed by atoms with Gasteiger partial charge in [-0.2, -0.15) is 0 Å². The number of rotatable bonds is 17. The third kappa shape index (κ3) is 10.8. The lowest BCUT2D eigenvalue weighted by molar-refractivity contribution is -0.0787. The summed E-state index contributed by atoms with van der Waals surface area (Å²) in [5, 5.41) is 0.611. The first-order valence-corrected chi connectivity index (χ1v) is 13.9. The molecule has 3 rings (SSSR count). The van der Waals surface area contributed by atoms with Gasteiger partial charge in [-0.15, -0.1) is 0 Å². The molecule has 0 bridgehead atoms. The number of halogens is 1. The van der Waals surface area contributed by atoms with Crippen molar-refractivity contribution in [2.75, 3.05) is 74.0 Å². The van der Waals surface area contributed by atoms with Gasteiger partial charge in [0.1, 0.15) is 24.0 Å². The third-order valence-electron chi connectivity index (χ3n) is 6.60. The topological polar surface area (TPSA) is 76.7 Å². The second kappa shape index (κ2) is 16.2. The Hall–Kier alpha value is -2.11. The number of methoxy groups -OCH3 is 2. The molecular weight excluding hydrogens is 520 g/mol. The van der Waals surface area contributed by atoms with Crippen molar-refractivity contribution in [3.63, 3.8) is 0 Å². The van der Waals surface area contributed by atoms with E-state index in [4.69, 9.17) is 35.3 Å². The third-order valence-corrected chi connectivity index (χ3v) is 6.89. The summed E-state index contributed by atoms with van der Waals surface area (Å²) < 4.78 is 28.7. The Kier molecular flexibility index (Phi) is 13.1. The number of hydrazine groups is 1. The van der Waals surface area contributed by atoms with Crippen molar-refractivity contribution in [3.8, 4) is 17.2 Å². The summed E-state index contributed by atoms with van der Waals surface area (Å²) >= 11 is 6.64. The summed E-state index contributed by atoms with van der Waals surface area (Å²) in [6, 6.07) is 11.9. The minimum atomic E-state index is -0.373. The molecule has 0 saturated carbocycles. The standard InChI is InChI=1S/C29H45ClN4O5/c1-29(2,21-32-31-3)39-22-34(20-24-8-9-25(35-4)18-28(24)36-5)19-23-7-10-27(26(30)17-23)38-14-6-11-33-12-15-37-16-13-33/h7-10,17-18,31-32H,6,11-16,19-22H2,1-5H3. The van der Waals surface area contributed by atoms with Gasteiger partial charge >= 0.3 is 0 Å². The van der Waals surface area contributed by atoms with E-state index in [-0.39, 0.29) is 5.60 Å². The van der Waals surface area contributed by atoms with E-state index in [1.807, 2.05) is 37.4 Å². The van der Waals surface area contributed by atoms with Crippen LogP contribution in [0.15, 0.2) is 36.4 Å². The van der Waals surface area contributed by atoms with Gasteiger partial charge in [0.25, 0.3) is 0 Å². The van der Waals surface area contributed by atoms with Crippen molar-refractivity contribution in [3.05, 3.63) is 52.5 Å². The Labute approximate surface area is 238 Å². The molecule has 0 aliphatic carbocycles. The number of nitrogens with zero attached hydrogens (tertiary/aromatic N) is 2. The summed E-state index contributed by atoms with van der Waals surface area (Å²) in [4.78, 5) is 4.63. The molecule has 0 unspecified atom stereocenters. The van der Waals surface area contributed by atoms with Gasteiger partial charge < -0.3 is 23.7 Å². The highest BCUT2D eigenvalue weighted by molar-refractivity contribution is 6.32. The molecule has 1 heterocycles. The highest BCUT2D eigenvalue weighted by Crippen LogP contribution is 2.29. The number of hydrogen-bond acceptors (Lipinski definition) is 9. The van der Waals surface area contributed by atoms with Gasteiger partial charge in [-0.05, 0) is 51.1 Å². The summed E-state index contributed by atoms with van der Waals surface area (Å²) in [6.07, 6.45) is 0.949. The predicted octanol–water partition coefficient (Wildman–Crippen LogP) is 3.94. The summed E-state index contributed by atoms with van der Waals surface area (Å²) in [5.74, 6) is 2.24. The van der Waals surface area contributed by atoms with Gasteiger partial charge in [0.15, 0.2) is 0 Å². The van der Waals surface area contributed by atoms with Gasteiger partial charge in [-0.1, -0.05) is 23.7 Å². The molecule has 0 spiro atoms. The smallest absolute Gasteiger partial charge is 0.137 e. The highest BCUT2D eigenvalue weighted by Gasteiger charge is 2.21. The first kappa shape index (κ1) is 31.4. The van der Waals surface area contributed by atoms with E-state index in [1.54, 1.807) is 14.2 Å². The van der Waals surface area contributed by atoms with Crippen LogP contribution in [0.1, 0.15) is 31.4 Å². The molecule has 0 atom stereocenters. The zero-order valence-corrected chi connectivity index (χ0v) is 24.8.